The third-order valence-electron chi connectivity index (χ3n) is 7.51. The van der Waals surface area contributed by atoms with Gasteiger partial charge in [-0.25, -0.2) is 14.8 Å². The molecule has 0 saturated carbocycles. The smallest absolute Gasteiger partial charge is 0.411 e. The highest BCUT2D eigenvalue weighted by atomic mass is 16.7. The van der Waals surface area contributed by atoms with Crippen LogP contribution in [-0.2, 0) is 20.8 Å². The van der Waals surface area contributed by atoms with Crippen LogP contribution in [0.25, 0.3) is 0 Å². The van der Waals surface area contributed by atoms with Gasteiger partial charge in [-0.15, -0.1) is 0 Å². The predicted octanol–water partition coefficient (Wildman–Crippen LogP) is 4.32. The van der Waals surface area contributed by atoms with Crippen molar-refractivity contribution in [3.8, 4) is 0 Å². The molecule has 1 amide bonds. The van der Waals surface area contributed by atoms with Crippen LogP contribution in [0.5, 0.6) is 0 Å². The number of hydrogen-bond acceptors (Lipinski definition) is 9. The molecule has 0 unspecified atom stereocenters. The van der Waals surface area contributed by atoms with E-state index in [0.717, 1.165) is 55.4 Å². The Labute approximate surface area is 240 Å². The van der Waals surface area contributed by atoms with E-state index in [-0.39, 0.29) is 31.3 Å². The Bertz CT molecular complexity index is 1280. The molecule has 2 aliphatic heterocycles. The molecule has 1 aromatic heterocycles. The molecular formula is C31H37N5O5. The third kappa shape index (κ3) is 7.28. The lowest BCUT2D eigenvalue weighted by molar-refractivity contribution is -0.276. The fraction of sp³-hybridized carbons (Fsp3) is 0.387. The number of rotatable bonds is 9. The Kier molecular flexibility index (Phi) is 9.58. The fourth-order valence-corrected chi connectivity index (χ4v) is 5.22. The van der Waals surface area contributed by atoms with Crippen molar-refractivity contribution in [1.82, 2.24) is 14.9 Å². The molecule has 0 bridgehead atoms. The van der Waals surface area contributed by atoms with Crippen LogP contribution in [0.4, 0.5) is 16.4 Å². The lowest BCUT2D eigenvalue weighted by Gasteiger charge is -2.44. The van der Waals surface area contributed by atoms with Crippen molar-refractivity contribution in [2.45, 2.75) is 32.0 Å². The van der Waals surface area contributed by atoms with E-state index in [1.165, 1.54) is 6.08 Å². The normalized spacial score (nSPS) is 23.1. The van der Waals surface area contributed by atoms with E-state index in [9.17, 15) is 9.90 Å². The fourth-order valence-electron chi connectivity index (χ4n) is 5.22. The van der Waals surface area contributed by atoms with Crippen LogP contribution >= 0.6 is 0 Å². The minimum absolute atomic E-state index is 0.00918. The van der Waals surface area contributed by atoms with Gasteiger partial charge in [0.1, 0.15) is 6.61 Å². The minimum atomic E-state index is -0.635. The molecule has 2 aliphatic rings. The van der Waals surface area contributed by atoms with Gasteiger partial charge in [0.25, 0.3) is 0 Å². The van der Waals surface area contributed by atoms with Crippen LogP contribution in [0.15, 0.2) is 79.6 Å². The summed E-state index contributed by atoms with van der Waals surface area (Å²) >= 11 is 0. The summed E-state index contributed by atoms with van der Waals surface area (Å²) in [6.45, 7) is 10.0. The zero-order valence-electron chi connectivity index (χ0n) is 23.3. The van der Waals surface area contributed by atoms with Gasteiger partial charge in [-0.05, 0) is 29.3 Å². The van der Waals surface area contributed by atoms with Crippen LogP contribution in [0, 0.1) is 5.92 Å². The van der Waals surface area contributed by atoms with E-state index in [4.69, 9.17) is 14.2 Å². The number of benzene rings is 2. The van der Waals surface area contributed by atoms with Crippen molar-refractivity contribution in [3.05, 3.63) is 96.3 Å². The molecule has 0 radical (unpaired) electrons. The van der Waals surface area contributed by atoms with Crippen molar-refractivity contribution < 1.29 is 24.1 Å². The Morgan fingerprint density at radius 2 is 1.83 bits per heavy atom. The van der Waals surface area contributed by atoms with Gasteiger partial charge >= 0.3 is 6.09 Å². The van der Waals surface area contributed by atoms with Gasteiger partial charge in [0.15, 0.2) is 6.29 Å². The first-order chi connectivity index (χ1) is 20.0. The molecule has 0 aliphatic carbocycles. The number of nitrogens with zero attached hydrogens (tertiary/aromatic N) is 4. The maximum absolute atomic E-state index is 12.1. The number of hydrogen-bond donors (Lipinski definition) is 2. The molecule has 2 fully saturated rings. The van der Waals surface area contributed by atoms with E-state index in [1.54, 1.807) is 18.5 Å². The number of carbonyl (C=O) groups is 1. The number of aliphatic hydroxyl groups is 1. The molecule has 0 spiro atoms. The second kappa shape index (κ2) is 13.7. The van der Waals surface area contributed by atoms with Gasteiger partial charge in [0.2, 0.25) is 5.95 Å². The summed E-state index contributed by atoms with van der Waals surface area (Å²) in [6.07, 6.45) is 3.54. The molecule has 2 saturated heterocycles. The number of aromatic nitrogens is 2. The van der Waals surface area contributed by atoms with E-state index >= 15 is 0 Å². The number of amides is 1. The summed E-state index contributed by atoms with van der Waals surface area (Å²) in [5.74, 6) is 0.827. The minimum Gasteiger partial charge on any atom is -0.445 e. The molecule has 2 N–H and O–H groups in total. The van der Waals surface area contributed by atoms with E-state index in [0.29, 0.717) is 5.69 Å². The van der Waals surface area contributed by atoms with Gasteiger partial charge in [0.05, 0.1) is 18.8 Å². The van der Waals surface area contributed by atoms with Gasteiger partial charge in [-0.1, -0.05) is 56.0 Å². The summed E-state index contributed by atoms with van der Waals surface area (Å²) in [4.78, 5) is 25.5. The second-order valence-corrected chi connectivity index (χ2v) is 10.3. The molecule has 41 heavy (non-hydrogen) atoms. The topological polar surface area (TPSA) is 109 Å². The molecule has 5 rings (SSSR count). The predicted molar refractivity (Wildman–Crippen MR) is 155 cm³/mol. The van der Waals surface area contributed by atoms with Crippen LogP contribution in [-0.4, -0.2) is 71.5 Å². The highest BCUT2D eigenvalue weighted by Gasteiger charge is 2.39. The molecule has 3 aromatic rings. The zero-order valence-corrected chi connectivity index (χ0v) is 23.3. The first-order valence-electron chi connectivity index (χ1n) is 13.9. The molecular weight excluding hydrogens is 522 g/mol. The first-order valence-corrected chi connectivity index (χ1v) is 13.9. The SMILES string of the molecule is C=CCOC(=O)Nc1cccc([C@@H]2O[C@H](CN3CCN(c4ncccn4)CC3)[C@H](C)[C@H](c3ccc(CO)cc3)O2)c1. The third-order valence-corrected chi connectivity index (χ3v) is 7.51. The Balaban J connectivity index is 1.32. The van der Waals surface area contributed by atoms with Crippen molar-refractivity contribution in [2.24, 2.45) is 5.92 Å². The molecule has 2 aromatic carbocycles. The number of carbonyl (C=O) groups excluding carboxylic acids is 1. The van der Waals surface area contributed by atoms with Crippen LogP contribution < -0.4 is 10.2 Å². The molecule has 3 heterocycles. The van der Waals surface area contributed by atoms with E-state index < -0.39 is 12.4 Å². The Hall–Kier alpha value is -3.83. The van der Waals surface area contributed by atoms with Crippen molar-refractivity contribution in [3.63, 3.8) is 0 Å². The average molecular weight is 560 g/mol. The van der Waals surface area contributed by atoms with Crippen molar-refractivity contribution in [2.75, 3.05) is 49.5 Å². The highest BCUT2D eigenvalue weighted by Crippen LogP contribution is 2.42. The summed E-state index contributed by atoms with van der Waals surface area (Å²) in [7, 11) is 0. The largest absolute Gasteiger partial charge is 0.445 e. The number of ether oxygens (including phenoxy) is 3. The van der Waals surface area contributed by atoms with Crippen molar-refractivity contribution >= 4 is 17.7 Å². The zero-order chi connectivity index (χ0) is 28.6. The molecule has 10 heteroatoms. The maximum Gasteiger partial charge on any atom is 0.411 e. The van der Waals surface area contributed by atoms with E-state index in [2.05, 4.69) is 38.6 Å². The Morgan fingerprint density at radius 3 is 2.54 bits per heavy atom. The van der Waals surface area contributed by atoms with Crippen LogP contribution in [0.2, 0.25) is 0 Å². The van der Waals surface area contributed by atoms with Crippen LogP contribution in [0.1, 0.15) is 36.0 Å². The monoisotopic (exact) mass is 559 g/mol. The summed E-state index contributed by atoms with van der Waals surface area (Å²) in [6, 6.07) is 17.1. The summed E-state index contributed by atoms with van der Waals surface area (Å²) in [5.41, 5.74) is 3.26. The lowest BCUT2D eigenvalue weighted by atomic mass is 9.90. The van der Waals surface area contributed by atoms with Gasteiger partial charge in [-0.3, -0.25) is 10.2 Å². The number of nitrogens with one attached hydrogen (secondary N) is 1. The van der Waals surface area contributed by atoms with Crippen LogP contribution in [0.3, 0.4) is 0 Å². The van der Waals surface area contributed by atoms with Gasteiger partial charge in [-0.2, -0.15) is 0 Å². The van der Waals surface area contributed by atoms with Gasteiger partial charge < -0.3 is 24.2 Å². The van der Waals surface area contributed by atoms with Gasteiger partial charge in [0, 0.05) is 62.3 Å². The average Bonchev–Trinajstić information content (AvgIpc) is 3.02. The first kappa shape index (κ1) is 28.7. The Morgan fingerprint density at radius 1 is 1.07 bits per heavy atom. The standard InChI is InChI=1S/C31H37N5O5/c1-3-18-39-31(38)34-26-7-4-6-25(19-26)29-40-27(22(2)28(41-29)24-10-8-23(21-37)9-11-24)20-35-14-16-36(17-15-35)30-32-12-5-13-33-30/h3-13,19,22,27-29,37H,1,14-18,20-21H2,2H3,(H,34,38)/t22-,27+,28+,29+/m0/s1. The lowest BCUT2D eigenvalue weighted by Crippen LogP contribution is -2.51. The van der Waals surface area contributed by atoms with Crippen molar-refractivity contribution in [1.29, 1.82) is 0 Å². The maximum atomic E-state index is 12.1. The second-order valence-electron chi connectivity index (χ2n) is 10.3. The number of piperazine rings is 1. The highest BCUT2D eigenvalue weighted by molar-refractivity contribution is 5.84. The molecule has 4 atom stereocenters. The number of anilines is 2. The quantitative estimate of drug-likeness (QED) is 0.371. The summed E-state index contributed by atoms with van der Waals surface area (Å²) in [5, 5.41) is 12.3. The summed E-state index contributed by atoms with van der Waals surface area (Å²) < 4.78 is 18.3. The molecule has 10 nitrogen and oxygen atoms in total. The van der Waals surface area contributed by atoms with E-state index in [1.807, 2.05) is 48.5 Å². The molecule has 216 valence electrons. The number of aliphatic hydroxyl groups excluding tert-OH is 1.